The Balaban J connectivity index is 1.69. The van der Waals surface area contributed by atoms with Crippen molar-refractivity contribution in [3.63, 3.8) is 0 Å². The number of aryl methyl sites for hydroxylation is 3. The number of hydrogen-bond donors (Lipinski definition) is 0. The minimum atomic E-state index is 0.846. The van der Waals surface area contributed by atoms with Gasteiger partial charge in [0, 0.05) is 41.1 Å². The highest BCUT2D eigenvalue weighted by molar-refractivity contribution is 7.03. The maximum atomic E-state index is 5.35. The van der Waals surface area contributed by atoms with E-state index in [-0.39, 0.29) is 0 Å². The van der Waals surface area contributed by atoms with E-state index in [1.807, 2.05) is 20.0 Å². The van der Waals surface area contributed by atoms with Crippen molar-refractivity contribution in [1.29, 1.82) is 0 Å². The Bertz CT molecular complexity index is 1050. The molecule has 0 radical (unpaired) electrons. The summed E-state index contributed by atoms with van der Waals surface area (Å²) in [7, 11) is 2.10. The van der Waals surface area contributed by atoms with Crippen LogP contribution >= 0.6 is 11.5 Å². The fourth-order valence-electron chi connectivity index (χ4n) is 3.39. The zero-order chi connectivity index (χ0) is 19.0. The van der Waals surface area contributed by atoms with Crippen LogP contribution in [0.2, 0.25) is 0 Å². The van der Waals surface area contributed by atoms with Crippen LogP contribution in [0.5, 0.6) is 0 Å². The van der Waals surface area contributed by atoms with Crippen molar-refractivity contribution in [3.05, 3.63) is 71.1 Å². The first-order chi connectivity index (χ1) is 13.0. The van der Waals surface area contributed by atoms with E-state index < -0.39 is 0 Å². The topological polar surface area (TPSA) is 42.2 Å². The molecule has 2 aromatic heterocycles. The molecule has 4 rings (SSSR count). The summed E-state index contributed by atoms with van der Waals surface area (Å²) >= 11 is 1.47. The van der Waals surface area contributed by atoms with Gasteiger partial charge in [-0.1, -0.05) is 29.4 Å². The van der Waals surface area contributed by atoms with Gasteiger partial charge in [0.15, 0.2) is 0 Å². The van der Waals surface area contributed by atoms with Crippen LogP contribution in [0.3, 0.4) is 0 Å². The normalized spacial score (nSPS) is 11.0. The lowest BCUT2D eigenvalue weighted by Gasteiger charge is -2.23. The molecule has 27 heavy (non-hydrogen) atoms. The molecule has 0 atom stereocenters. The van der Waals surface area contributed by atoms with Gasteiger partial charge in [0.1, 0.15) is 5.76 Å². The first-order valence-electron chi connectivity index (χ1n) is 8.82. The molecule has 0 amide bonds. The van der Waals surface area contributed by atoms with Gasteiger partial charge in [-0.25, -0.2) is 4.37 Å². The molecule has 0 spiro atoms. The summed E-state index contributed by atoms with van der Waals surface area (Å²) < 4.78 is 9.53. The smallest absolute Gasteiger partial charge is 0.141 e. The van der Waals surface area contributed by atoms with E-state index in [9.17, 15) is 0 Å². The van der Waals surface area contributed by atoms with Crippen molar-refractivity contribution in [2.24, 2.45) is 0 Å². The summed E-state index contributed by atoms with van der Waals surface area (Å²) in [6.07, 6.45) is 1.90. The molecule has 0 aliphatic heterocycles. The minimum Gasteiger partial charge on any atom is -0.361 e. The van der Waals surface area contributed by atoms with Crippen molar-refractivity contribution in [2.75, 3.05) is 11.9 Å². The van der Waals surface area contributed by atoms with Crippen molar-refractivity contribution in [2.45, 2.75) is 20.8 Å². The summed E-state index contributed by atoms with van der Waals surface area (Å²) in [4.78, 5) is 2.21. The number of rotatable bonds is 4. The fourth-order valence-corrected chi connectivity index (χ4v) is 3.93. The van der Waals surface area contributed by atoms with Gasteiger partial charge in [-0.3, -0.25) is 0 Å². The second kappa shape index (κ2) is 7.00. The summed E-state index contributed by atoms with van der Waals surface area (Å²) in [5.74, 6) is 0.846. The van der Waals surface area contributed by atoms with Gasteiger partial charge in [-0.15, -0.1) is 0 Å². The van der Waals surface area contributed by atoms with Crippen molar-refractivity contribution < 1.29 is 4.52 Å². The van der Waals surface area contributed by atoms with E-state index in [0.29, 0.717) is 0 Å². The molecule has 0 fully saturated rings. The second-order valence-electron chi connectivity index (χ2n) is 6.72. The lowest BCUT2D eigenvalue weighted by atomic mass is 10.0. The number of anilines is 2. The standard InChI is InChI=1S/C22H21N3OS/c1-14-5-6-18(22-15(2)24-26-16(22)3)11-21(14)25(4)20-9-7-17(8-10-20)19-12-23-27-13-19/h5-13H,1-4H3. The molecule has 0 unspecified atom stereocenters. The molecule has 0 aliphatic carbocycles. The van der Waals surface area contributed by atoms with Crippen LogP contribution in [-0.2, 0) is 0 Å². The van der Waals surface area contributed by atoms with Crippen LogP contribution in [0.1, 0.15) is 17.0 Å². The zero-order valence-corrected chi connectivity index (χ0v) is 16.7. The highest BCUT2D eigenvalue weighted by Gasteiger charge is 2.15. The monoisotopic (exact) mass is 375 g/mol. The lowest BCUT2D eigenvalue weighted by molar-refractivity contribution is 0.393. The summed E-state index contributed by atoms with van der Waals surface area (Å²) in [5.41, 5.74) is 8.98. The predicted octanol–water partition coefficient (Wildman–Crippen LogP) is 6.16. The summed E-state index contributed by atoms with van der Waals surface area (Å²) in [6.45, 7) is 6.07. The fraction of sp³-hybridized carbons (Fsp3) is 0.182. The van der Waals surface area contributed by atoms with Crippen LogP contribution in [0.4, 0.5) is 11.4 Å². The zero-order valence-electron chi connectivity index (χ0n) is 15.9. The van der Waals surface area contributed by atoms with Crippen LogP contribution in [0.25, 0.3) is 22.3 Å². The van der Waals surface area contributed by atoms with Gasteiger partial charge >= 0.3 is 0 Å². The quantitative estimate of drug-likeness (QED) is 0.428. The third kappa shape index (κ3) is 3.26. The first kappa shape index (κ1) is 17.5. The van der Waals surface area contributed by atoms with Gasteiger partial charge in [0.2, 0.25) is 0 Å². The van der Waals surface area contributed by atoms with Gasteiger partial charge in [-0.05, 0) is 67.2 Å². The lowest BCUT2D eigenvalue weighted by Crippen LogP contribution is -2.11. The Morgan fingerprint density at radius 3 is 2.30 bits per heavy atom. The van der Waals surface area contributed by atoms with Crippen LogP contribution in [0.15, 0.2) is 58.6 Å². The van der Waals surface area contributed by atoms with Gasteiger partial charge in [-0.2, -0.15) is 0 Å². The molecule has 2 aromatic carbocycles. The van der Waals surface area contributed by atoms with Crippen molar-refractivity contribution in [3.8, 4) is 22.3 Å². The van der Waals surface area contributed by atoms with E-state index in [0.717, 1.165) is 39.5 Å². The number of aromatic nitrogens is 2. The average molecular weight is 375 g/mol. The van der Waals surface area contributed by atoms with Gasteiger partial charge in [0.25, 0.3) is 0 Å². The predicted molar refractivity (Wildman–Crippen MR) is 112 cm³/mol. The van der Waals surface area contributed by atoms with Crippen LogP contribution < -0.4 is 4.90 Å². The Labute approximate surface area is 163 Å². The van der Waals surface area contributed by atoms with Gasteiger partial charge < -0.3 is 9.42 Å². The maximum absolute atomic E-state index is 5.35. The third-order valence-corrected chi connectivity index (χ3v) is 5.50. The van der Waals surface area contributed by atoms with Crippen LogP contribution in [-0.4, -0.2) is 16.6 Å². The van der Waals surface area contributed by atoms with E-state index >= 15 is 0 Å². The minimum absolute atomic E-state index is 0.846. The van der Waals surface area contributed by atoms with E-state index in [1.54, 1.807) is 0 Å². The molecule has 0 N–H and O–H groups in total. The molecular formula is C22H21N3OS. The van der Waals surface area contributed by atoms with E-state index in [2.05, 4.69) is 76.2 Å². The Kier molecular flexibility index (Phi) is 4.54. The number of nitrogens with zero attached hydrogens (tertiary/aromatic N) is 3. The van der Waals surface area contributed by atoms with Crippen molar-refractivity contribution >= 4 is 22.9 Å². The van der Waals surface area contributed by atoms with Crippen LogP contribution in [0, 0.1) is 20.8 Å². The van der Waals surface area contributed by atoms with Gasteiger partial charge in [0.05, 0.1) is 5.69 Å². The molecule has 2 heterocycles. The third-order valence-electron chi connectivity index (χ3n) is 4.91. The molecule has 0 saturated heterocycles. The average Bonchev–Trinajstić information content (AvgIpc) is 3.32. The summed E-state index contributed by atoms with van der Waals surface area (Å²) in [5, 5.41) is 6.15. The molecule has 4 aromatic rings. The first-order valence-corrected chi connectivity index (χ1v) is 9.65. The summed E-state index contributed by atoms with van der Waals surface area (Å²) in [6, 6.07) is 15.1. The Hall–Kier alpha value is -2.92. The second-order valence-corrected chi connectivity index (χ2v) is 7.38. The highest BCUT2D eigenvalue weighted by atomic mass is 32.1. The van der Waals surface area contributed by atoms with E-state index in [4.69, 9.17) is 4.52 Å². The van der Waals surface area contributed by atoms with E-state index in [1.165, 1.54) is 22.7 Å². The molecule has 136 valence electrons. The largest absolute Gasteiger partial charge is 0.361 e. The molecule has 4 nitrogen and oxygen atoms in total. The molecule has 5 heteroatoms. The van der Waals surface area contributed by atoms with Crippen molar-refractivity contribution in [1.82, 2.24) is 9.53 Å². The maximum Gasteiger partial charge on any atom is 0.141 e. The molecular weight excluding hydrogens is 354 g/mol. The number of hydrogen-bond acceptors (Lipinski definition) is 5. The highest BCUT2D eigenvalue weighted by Crippen LogP contribution is 2.34. The Morgan fingerprint density at radius 2 is 1.67 bits per heavy atom. The molecule has 0 aliphatic rings. The molecule has 0 bridgehead atoms. The number of benzene rings is 2. The molecule has 0 saturated carbocycles. The Morgan fingerprint density at radius 1 is 0.926 bits per heavy atom. The SMILES string of the molecule is Cc1ccc(-c2c(C)noc2C)cc1N(C)c1ccc(-c2cnsc2)cc1.